The quantitative estimate of drug-likeness (QED) is 0.637. The number of Topliss-reactive ketones (excluding diaryl/α,β-unsaturated/α-hetero) is 1. The van der Waals surface area contributed by atoms with E-state index in [0.29, 0.717) is 30.3 Å². The van der Waals surface area contributed by atoms with Crippen molar-refractivity contribution in [2.24, 2.45) is 0 Å². The Bertz CT molecular complexity index is 486. The minimum absolute atomic E-state index is 0.0844. The van der Waals surface area contributed by atoms with Crippen LogP contribution in [0.1, 0.15) is 23.2 Å². The Balaban J connectivity index is 1.97. The zero-order valence-electron chi connectivity index (χ0n) is 10.6. The molecule has 1 heterocycles. The van der Waals surface area contributed by atoms with Gasteiger partial charge < -0.3 is 9.47 Å². The summed E-state index contributed by atoms with van der Waals surface area (Å²) in [5.41, 5.74) is 2.68. The van der Waals surface area contributed by atoms with Crippen LogP contribution in [-0.4, -0.2) is 32.0 Å². The summed E-state index contributed by atoms with van der Waals surface area (Å²) >= 11 is 0. The van der Waals surface area contributed by atoms with Crippen molar-refractivity contribution in [3.05, 3.63) is 23.8 Å². The molecule has 0 bridgehead atoms. The van der Waals surface area contributed by atoms with Crippen LogP contribution >= 0.6 is 0 Å². The lowest BCUT2D eigenvalue weighted by atomic mass is 10.1. The molecule has 1 aliphatic heterocycles. The van der Waals surface area contributed by atoms with Crippen LogP contribution in [0, 0.1) is 0 Å². The van der Waals surface area contributed by atoms with Crippen molar-refractivity contribution in [2.45, 2.75) is 12.8 Å². The number of hydroxylamine groups is 1. The maximum Gasteiger partial charge on any atom is 0.243 e. The molecule has 1 N–H and O–H groups in total. The molecule has 6 heteroatoms. The van der Waals surface area contributed by atoms with E-state index in [2.05, 4.69) is 10.3 Å². The van der Waals surface area contributed by atoms with Crippen LogP contribution in [0.5, 0.6) is 11.5 Å². The number of hydrogen-bond donors (Lipinski definition) is 1. The third-order valence-electron chi connectivity index (χ3n) is 2.66. The van der Waals surface area contributed by atoms with Crippen molar-refractivity contribution in [2.75, 3.05) is 20.3 Å². The van der Waals surface area contributed by atoms with E-state index in [-0.39, 0.29) is 24.5 Å². The zero-order valence-corrected chi connectivity index (χ0v) is 10.6. The molecule has 0 atom stereocenters. The standard InChI is InChI=1S/C13H15NO5/c1-17-14-13(16)5-3-10(15)9-2-4-11-12(8-9)19-7-6-18-11/h2,4,8H,3,5-7H2,1H3,(H,14,16). The van der Waals surface area contributed by atoms with Gasteiger partial charge >= 0.3 is 0 Å². The molecule has 1 aliphatic rings. The van der Waals surface area contributed by atoms with Crippen LogP contribution in [0.4, 0.5) is 0 Å². The van der Waals surface area contributed by atoms with E-state index >= 15 is 0 Å². The highest BCUT2D eigenvalue weighted by Gasteiger charge is 2.15. The summed E-state index contributed by atoms with van der Waals surface area (Å²) in [7, 11) is 1.35. The molecule has 0 fully saturated rings. The fourth-order valence-electron chi connectivity index (χ4n) is 1.75. The number of fused-ring (bicyclic) bond motifs is 1. The van der Waals surface area contributed by atoms with E-state index in [0.717, 1.165) is 0 Å². The van der Waals surface area contributed by atoms with Crippen LogP contribution in [0.25, 0.3) is 0 Å². The van der Waals surface area contributed by atoms with E-state index in [9.17, 15) is 9.59 Å². The maximum absolute atomic E-state index is 11.9. The number of carbonyl (C=O) groups is 2. The van der Waals surface area contributed by atoms with Crippen molar-refractivity contribution in [3.63, 3.8) is 0 Å². The molecule has 0 radical (unpaired) electrons. The molecule has 0 aliphatic carbocycles. The Morgan fingerprint density at radius 2 is 1.95 bits per heavy atom. The molecule has 0 unspecified atom stereocenters. The molecule has 0 saturated carbocycles. The van der Waals surface area contributed by atoms with E-state index in [4.69, 9.17) is 9.47 Å². The molecule has 0 aromatic heterocycles. The van der Waals surface area contributed by atoms with Gasteiger partial charge in [0.2, 0.25) is 5.91 Å². The molecule has 0 saturated heterocycles. The summed E-state index contributed by atoms with van der Waals surface area (Å²) in [4.78, 5) is 27.6. The van der Waals surface area contributed by atoms with E-state index in [1.165, 1.54) is 7.11 Å². The molecular weight excluding hydrogens is 250 g/mol. The molecular formula is C13H15NO5. The van der Waals surface area contributed by atoms with Crippen LogP contribution in [0.2, 0.25) is 0 Å². The first kappa shape index (κ1) is 13.4. The molecule has 1 aromatic carbocycles. The number of rotatable bonds is 5. The summed E-state index contributed by atoms with van der Waals surface area (Å²) in [6.07, 6.45) is 0.204. The lowest BCUT2D eigenvalue weighted by molar-refractivity contribution is -0.131. The third kappa shape index (κ3) is 3.45. The summed E-state index contributed by atoms with van der Waals surface area (Å²) in [5, 5.41) is 0. The summed E-state index contributed by atoms with van der Waals surface area (Å²) < 4.78 is 10.8. The number of nitrogens with one attached hydrogen (secondary N) is 1. The second-order valence-electron chi connectivity index (χ2n) is 4.01. The summed E-state index contributed by atoms with van der Waals surface area (Å²) in [6.45, 7) is 0.984. The zero-order chi connectivity index (χ0) is 13.7. The summed E-state index contributed by atoms with van der Waals surface area (Å²) in [5.74, 6) is 0.759. The SMILES string of the molecule is CONC(=O)CCC(=O)c1ccc2c(c1)OCCO2. The van der Waals surface area contributed by atoms with Gasteiger partial charge in [-0.15, -0.1) is 0 Å². The monoisotopic (exact) mass is 265 g/mol. The number of amides is 1. The normalized spacial score (nSPS) is 12.9. The molecule has 6 nitrogen and oxygen atoms in total. The van der Waals surface area contributed by atoms with Crippen LogP contribution in [0.3, 0.4) is 0 Å². The maximum atomic E-state index is 11.9. The van der Waals surface area contributed by atoms with Crippen molar-refractivity contribution < 1.29 is 23.9 Å². The van der Waals surface area contributed by atoms with Crippen LogP contribution in [0.15, 0.2) is 18.2 Å². The fraction of sp³-hybridized carbons (Fsp3) is 0.385. The van der Waals surface area contributed by atoms with Crippen molar-refractivity contribution in [3.8, 4) is 11.5 Å². The first-order valence-corrected chi connectivity index (χ1v) is 5.95. The van der Waals surface area contributed by atoms with E-state index in [1.54, 1.807) is 18.2 Å². The van der Waals surface area contributed by atoms with Gasteiger partial charge in [0.25, 0.3) is 0 Å². The average Bonchev–Trinajstić information content (AvgIpc) is 2.44. The first-order valence-electron chi connectivity index (χ1n) is 5.95. The second kappa shape index (κ2) is 6.19. The molecule has 1 aromatic rings. The van der Waals surface area contributed by atoms with Crippen molar-refractivity contribution >= 4 is 11.7 Å². The highest BCUT2D eigenvalue weighted by atomic mass is 16.6. The number of ketones is 1. The van der Waals surface area contributed by atoms with Gasteiger partial charge in [-0.1, -0.05) is 0 Å². The number of benzene rings is 1. The Hall–Kier alpha value is -2.08. The Kier molecular flexibility index (Phi) is 4.35. The predicted octanol–water partition coefficient (Wildman–Crippen LogP) is 1.10. The van der Waals surface area contributed by atoms with Crippen molar-refractivity contribution in [1.29, 1.82) is 0 Å². The van der Waals surface area contributed by atoms with E-state index in [1.807, 2.05) is 0 Å². The number of carbonyl (C=O) groups excluding carboxylic acids is 2. The van der Waals surface area contributed by atoms with Crippen LogP contribution < -0.4 is 15.0 Å². The van der Waals surface area contributed by atoms with Crippen LogP contribution in [-0.2, 0) is 9.63 Å². The Morgan fingerprint density at radius 3 is 2.68 bits per heavy atom. The van der Waals surface area contributed by atoms with Gasteiger partial charge in [-0.05, 0) is 18.2 Å². The highest BCUT2D eigenvalue weighted by molar-refractivity contribution is 5.98. The van der Waals surface area contributed by atoms with E-state index < -0.39 is 0 Å². The fourth-order valence-corrected chi connectivity index (χ4v) is 1.75. The topological polar surface area (TPSA) is 73.9 Å². The molecule has 0 spiro atoms. The van der Waals surface area contributed by atoms with Gasteiger partial charge in [-0.2, -0.15) is 0 Å². The highest BCUT2D eigenvalue weighted by Crippen LogP contribution is 2.31. The Labute approximate surface area is 110 Å². The van der Waals surface area contributed by atoms with Gasteiger partial charge in [0, 0.05) is 18.4 Å². The van der Waals surface area contributed by atoms with Crippen molar-refractivity contribution in [1.82, 2.24) is 5.48 Å². The lowest BCUT2D eigenvalue weighted by Gasteiger charge is -2.18. The summed E-state index contributed by atoms with van der Waals surface area (Å²) in [6, 6.07) is 5.02. The molecule has 102 valence electrons. The second-order valence-corrected chi connectivity index (χ2v) is 4.01. The molecule has 19 heavy (non-hydrogen) atoms. The van der Waals surface area contributed by atoms with Gasteiger partial charge in [0.05, 0.1) is 7.11 Å². The van der Waals surface area contributed by atoms with Gasteiger partial charge in [0.15, 0.2) is 17.3 Å². The minimum Gasteiger partial charge on any atom is -0.486 e. The first-order chi connectivity index (χ1) is 9.20. The smallest absolute Gasteiger partial charge is 0.243 e. The van der Waals surface area contributed by atoms with Gasteiger partial charge in [-0.3, -0.25) is 14.4 Å². The predicted molar refractivity (Wildman–Crippen MR) is 66.1 cm³/mol. The minimum atomic E-state index is -0.326. The lowest BCUT2D eigenvalue weighted by Crippen LogP contribution is -2.22. The third-order valence-corrected chi connectivity index (χ3v) is 2.66. The number of hydrogen-bond acceptors (Lipinski definition) is 5. The average molecular weight is 265 g/mol. The number of ether oxygens (including phenoxy) is 2. The Morgan fingerprint density at radius 1 is 1.21 bits per heavy atom. The molecule has 1 amide bonds. The van der Waals surface area contributed by atoms with Gasteiger partial charge in [-0.25, -0.2) is 5.48 Å². The van der Waals surface area contributed by atoms with Gasteiger partial charge in [0.1, 0.15) is 13.2 Å². The largest absolute Gasteiger partial charge is 0.486 e. The molecule has 2 rings (SSSR count).